The number of hydrogen-bond acceptors (Lipinski definition) is 10. The molecule has 12 nitrogen and oxygen atoms in total. The van der Waals surface area contributed by atoms with Gasteiger partial charge in [0.1, 0.15) is 17.8 Å². The van der Waals surface area contributed by atoms with Gasteiger partial charge in [-0.05, 0) is 44.9 Å². The van der Waals surface area contributed by atoms with E-state index in [-0.39, 0.29) is 48.9 Å². The number of alkyl halides is 2. The predicted molar refractivity (Wildman–Crippen MR) is 160 cm³/mol. The van der Waals surface area contributed by atoms with E-state index >= 15 is 8.78 Å². The summed E-state index contributed by atoms with van der Waals surface area (Å²) in [5.74, 6) is -8.73. The first-order chi connectivity index (χ1) is 21.7. The van der Waals surface area contributed by atoms with Crippen LogP contribution in [-0.2, 0) is 19.1 Å². The molecule has 3 aliphatic heterocycles. The van der Waals surface area contributed by atoms with E-state index < -0.39 is 65.6 Å². The lowest BCUT2D eigenvalue weighted by Crippen LogP contribution is -2.49. The van der Waals surface area contributed by atoms with Gasteiger partial charge in [0.2, 0.25) is 5.91 Å². The number of amidine groups is 1. The Morgan fingerprint density at radius 1 is 1.28 bits per heavy atom. The fourth-order valence-corrected chi connectivity index (χ4v) is 6.37. The molecule has 16 heteroatoms. The molecule has 0 saturated carbocycles. The molecule has 4 heterocycles. The van der Waals surface area contributed by atoms with Gasteiger partial charge in [0.05, 0.1) is 24.1 Å². The quantitative estimate of drug-likeness (QED) is 0.344. The molecule has 0 spiro atoms. The van der Waals surface area contributed by atoms with Crippen LogP contribution in [0.15, 0.2) is 46.0 Å². The summed E-state index contributed by atoms with van der Waals surface area (Å²) in [5, 5.41) is 16.9. The lowest BCUT2D eigenvalue weighted by molar-refractivity contribution is -0.146. The van der Waals surface area contributed by atoms with Gasteiger partial charge in [-0.25, -0.2) is 27.7 Å². The third-order valence-electron chi connectivity index (χ3n) is 8.35. The number of hydrogen-bond donors (Lipinski definition) is 3. The third-order valence-corrected chi connectivity index (χ3v) is 9.13. The summed E-state index contributed by atoms with van der Waals surface area (Å²) in [7, 11) is 0. The number of carbonyl (C=O) groups is 4. The number of likely N-dealkylation sites (tertiary alicyclic amines) is 2. The number of ether oxygens (including phenoxy) is 1. The number of nitrogens with one attached hydrogen (secondary N) is 2. The number of rotatable bonds is 9. The zero-order valence-electron chi connectivity index (χ0n) is 25.5. The van der Waals surface area contributed by atoms with Crippen LogP contribution in [0.1, 0.15) is 42.9 Å². The van der Waals surface area contributed by atoms with Gasteiger partial charge in [0.25, 0.3) is 5.92 Å². The van der Waals surface area contributed by atoms with Crippen molar-refractivity contribution in [2.45, 2.75) is 45.7 Å². The summed E-state index contributed by atoms with van der Waals surface area (Å²) in [6.07, 6.45) is 1.55. The number of thiazole rings is 1. The second-order valence-electron chi connectivity index (χ2n) is 11.9. The number of halogens is 3. The molecule has 3 unspecified atom stereocenters. The van der Waals surface area contributed by atoms with Crippen LogP contribution in [0.4, 0.5) is 18.0 Å². The van der Waals surface area contributed by atoms with Gasteiger partial charge in [-0.2, -0.15) is 0 Å². The normalized spacial score (nSPS) is 22.8. The maximum atomic E-state index is 15.5. The number of fused-ring (bicyclic) bond motifs is 1. The van der Waals surface area contributed by atoms with Crippen molar-refractivity contribution in [2.24, 2.45) is 16.3 Å². The van der Waals surface area contributed by atoms with Crippen molar-refractivity contribution < 1.29 is 42.2 Å². The van der Waals surface area contributed by atoms with Crippen LogP contribution < -0.4 is 10.6 Å². The molecule has 1 aromatic heterocycles. The van der Waals surface area contributed by atoms with E-state index in [1.165, 1.54) is 42.2 Å². The number of carboxylic acids is 1. The number of urea groups is 1. The molecule has 3 atom stereocenters. The highest BCUT2D eigenvalue weighted by molar-refractivity contribution is 7.11. The predicted octanol–water partition coefficient (Wildman–Crippen LogP) is 3.10. The number of aliphatic imine (C=N–C) groups is 1. The van der Waals surface area contributed by atoms with Crippen LogP contribution in [0.25, 0.3) is 0 Å². The van der Waals surface area contributed by atoms with Crippen LogP contribution in [0.2, 0.25) is 0 Å². The van der Waals surface area contributed by atoms with Crippen molar-refractivity contribution in [2.75, 3.05) is 32.8 Å². The molecule has 3 aliphatic rings. The lowest BCUT2D eigenvalue weighted by atomic mass is 9.92. The number of carboxylic acid groups (broad SMARTS) is 1. The number of amides is 3. The molecule has 2 aromatic rings. The maximum Gasteiger partial charge on any atom is 0.338 e. The highest BCUT2D eigenvalue weighted by atomic mass is 32.1. The Bertz CT molecular complexity index is 1630. The first-order valence-electron chi connectivity index (χ1n) is 14.5. The minimum absolute atomic E-state index is 0.00272. The van der Waals surface area contributed by atoms with E-state index in [0.29, 0.717) is 15.5 Å². The minimum Gasteiger partial charge on any atom is -0.481 e. The number of aromatic nitrogens is 1. The van der Waals surface area contributed by atoms with E-state index in [0.717, 1.165) is 0 Å². The van der Waals surface area contributed by atoms with Crippen LogP contribution in [-0.4, -0.2) is 94.4 Å². The maximum absolute atomic E-state index is 15.5. The van der Waals surface area contributed by atoms with E-state index in [1.807, 2.05) is 0 Å². The lowest BCUT2D eigenvalue weighted by Gasteiger charge is -2.31. The fraction of sp³-hybridized carbons (Fsp3) is 0.467. The van der Waals surface area contributed by atoms with Crippen LogP contribution >= 0.6 is 11.3 Å². The zero-order chi connectivity index (χ0) is 33.6. The Kier molecular flexibility index (Phi) is 8.96. The van der Waals surface area contributed by atoms with E-state index in [4.69, 9.17) is 9.73 Å². The highest BCUT2D eigenvalue weighted by Crippen LogP contribution is 2.44. The summed E-state index contributed by atoms with van der Waals surface area (Å²) < 4.78 is 51.1. The number of aliphatic carboxylic acids is 1. The third kappa shape index (κ3) is 6.10. The molecule has 0 radical (unpaired) electrons. The minimum atomic E-state index is -3.53. The van der Waals surface area contributed by atoms with Gasteiger partial charge in [-0.3, -0.25) is 24.4 Å². The number of benzene rings is 1. The number of esters is 1. The topological polar surface area (TPSA) is 154 Å². The summed E-state index contributed by atoms with van der Waals surface area (Å²) in [6.45, 7) is 4.03. The van der Waals surface area contributed by atoms with Crippen molar-refractivity contribution in [3.63, 3.8) is 0 Å². The van der Waals surface area contributed by atoms with Crippen molar-refractivity contribution >= 4 is 41.0 Å². The van der Waals surface area contributed by atoms with E-state index in [2.05, 4.69) is 15.6 Å². The van der Waals surface area contributed by atoms with Gasteiger partial charge < -0.3 is 20.5 Å². The Hall–Kier alpha value is -4.31. The molecule has 0 bridgehead atoms. The van der Waals surface area contributed by atoms with Gasteiger partial charge in [0.15, 0.2) is 10.8 Å². The molecule has 5 rings (SSSR count). The summed E-state index contributed by atoms with van der Waals surface area (Å²) >= 11 is 1.24. The van der Waals surface area contributed by atoms with Gasteiger partial charge >= 0.3 is 18.0 Å². The largest absolute Gasteiger partial charge is 0.481 e. The standard InChI is InChI=1S/C30H33F3N6O6S/c1-5-45-26(41)20-18(36-23(24-34-9-10-46-24)37-22(20)16-7-6-8-17(31)15(16)2)11-38-14-30(32,33)21-19(38)12-39(25(21)40)28(44)35-13-29(3,4)27(42)43/h6-10,19,21-22H,5,11-14H2,1-4H3,(H,35,44)(H,36,37)(H,42,43). The van der Waals surface area contributed by atoms with Crippen LogP contribution in [0.5, 0.6) is 0 Å². The van der Waals surface area contributed by atoms with Gasteiger partial charge in [0, 0.05) is 43.0 Å². The summed E-state index contributed by atoms with van der Waals surface area (Å²) in [4.78, 5) is 62.0. The Labute approximate surface area is 266 Å². The SMILES string of the molecule is CCOC(=O)C1=C(CN2CC(F)(F)C3C(=O)N(C(=O)NCC(C)(C)C(=O)O)CC32)NC(c2nccs2)=NC1c1cccc(F)c1C. The van der Waals surface area contributed by atoms with Crippen molar-refractivity contribution in [1.82, 2.24) is 25.4 Å². The fourth-order valence-electron chi connectivity index (χ4n) is 5.78. The Morgan fingerprint density at radius 3 is 2.67 bits per heavy atom. The Balaban J connectivity index is 1.51. The molecule has 0 aliphatic carbocycles. The molecule has 1 aromatic carbocycles. The molecule has 3 N–H and O–H groups in total. The number of imide groups is 1. The molecular weight excluding hydrogens is 629 g/mol. The highest BCUT2D eigenvalue weighted by Gasteiger charge is 2.63. The first-order valence-corrected chi connectivity index (χ1v) is 15.4. The van der Waals surface area contributed by atoms with Crippen molar-refractivity contribution in [1.29, 1.82) is 0 Å². The Morgan fingerprint density at radius 2 is 2.02 bits per heavy atom. The van der Waals surface area contributed by atoms with Crippen molar-refractivity contribution in [3.8, 4) is 0 Å². The van der Waals surface area contributed by atoms with Crippen molar-refractivity contribution in [3.05, 3.63) is 63.0 Å². The number of carbonyl (C=O) groups excluding carboxylic acids is 3. The second-order valence-corrected chi connectivity index (χ2v) is 12.8. The van der Waals surface area contributed by atoms with Gasteiger partial charge in [-0.15, -0.1) is 11.3 Å². The van der Waals surface area contributed by atoms with E-state index in [1.54, 1.807) is 31.5 Å². The molecular formula is C30H33F3N6O6S. The van der Waals surface area contributed by atoms with E-state index in [9.17, 15) is 28.7 Å². The number of nitrogens with zero attached hydrogens (tertiary/aromatic N) is 4. The van der Waals surface area contributed by atoms with Crippen LogP contribution in [0.3, 0.4) is 0 Å². The molecule has 2 fully saturated rings. The average molecular weight is 663 g/mol. The summed E-state index contributed by atoms with van der Waals surface area (Å²) in [6, 6.07) is 1.18. The molecule has 3 amide bonds. The monoisotopic (exact) mass is 662 g/mol. The summed E-state index contributed by atoms with van der Waals surface area (Å²) in [5.41, 5.74) is -0.622. The molecule has 2 saturated heterocycles. The van der Waals surface area contributed by atoms with Gasteiger partial charge in [-0.1, -0.05) is 12.1 Å². The molecule has 246 valence electrons. The molecule has 46 heavy (non-hydrogen) atoms. The smallest absolute Gasteiger partial charge is 0.338 e. The zero-order valence-corrected chi connectivity index (χ0v) is 26.3. The first kappa shape index (κ1) is 33.1. The van der Waals surface area contributed by atoms with Crippen LogP contribution in [0, 0.1) is 24.1 Å². The average Bonchev–Trinajstić information content (AvgIpc) is 3.70. The second kappa shape index (κ2) is 12.5.